The molecule has 4 rings (SSSR count). The maximum absolute atomic E-state index is 13.1. The van der Waals surface area contributed by atoms with E-state index in [2.05, 4.69) is 16.4 Å². The van der Waals surface area contributed by atoms with Gasteiger partial charge in [-0.15, -0.1) is 11.3 Å². The molecule has 1 aliphatic rings. The molecular weight excluding hydrogens is 462 g/mol. The number of carbonyl (C=O) groups is 1. The van der Waals surface area contributed by atoms with Crippen LogP contribution in [0.4, 0.5) is 5.13 Å². The van der Waals surface area contributed by atoms with Crippen molar-refractivity contribution in [2.75, 3.05) is 38.7 Å². The van der Waals surface area contributed by atoms with E-state index in [-0.39, 0.29) is 29.3 Å². The fourth-order valence-corrected chi connectivity index (χ4v) is 5.73. The minimum atomic E-state index is -3.75. The highest BCUT2D eigenvalue weighted by Gasteiger charge is 2.28. The van der Waals surface area contributed by atoms with Crippen LogP contribution in [0.5, 0.6) is 5.75 Å². The van der Waals surface area contributed by atoms with Crippen LogP contribution in [-0.4, -0.2) is 57.0 Å². The molecule has 174 valence electrons. The molecule has 0 saturated carbocycles. The first-order chi connectivity index (χ1) is 15.8. The largest absolute Gasteiger partial charge is 0.496 e. The summed E-state index contributed by atoms with van der Waals surface area (Å²) in [6.07, 6.45) is 0. The average molecular weight is 488 g/mol. The zero-order valence-electron chi connectivity index (χ0n) is 18.6. The van der Waals surface area contributed by atoms with Gasteiger partial charge < -0.3 is 9.47 Å². The summed E-state index contributed by atoms with van der Waals surface area (Å²) < 4.78 is 38.0. The SMILES string of the molecule is COc1ccc(S(=O)(=O)N2CCOCC2)cc1C(=O)Nc1nc(-c2cc(C)ccc2C)cs1. The normalized spacial score (nSPS) is 14.8. The molecule has 1 saturated heterocycles. The number of hydrogen-bond acceptors (Lipinski definition) is 7. The molecule has 1 aliphatic heterocycles. The third kappa shape index (κ3) is 4.93. The Morgan fingerprint density at radius 2 is 1.91 bits per heavy atom. The lowest BCUT2D eigenvalue weighted by atomic mass is 10.0. The molecule has 1 N–H and O–H groups in total. The number of aryl methyl sites for hydroxylation is 2. The van der Waals surface area contributed by atoms with Crippen molar-refractivity contribution >= 4 is 32.4 Å². The van der Waals surface area contributed by atoms with Gasteiger partial charge in [-0.05, 0) is 43.7 Å². The third-order valence-corrected chi connectivity index (χ3v) is 8.07. The number of amides is 1. The molecule has 0 aliphatic carbocycles. The Bertz CT molecular complexity index is 1280. The van der Waals surface area contributed by atoms with E-state index in [0.29, 0.717) is 18.3 Å². The second kappa shape index (κ2) is 9.60. The van der Waals surface area contributed by atoms with Crippen LogP contribution in [0.15, 0.2) is 46.7 Å². The Hall–Kier alpha value is -2.79. The van der Waals surface area contributed by atoms with E-state index in [1.807, 2.05) is 31.4 Å². The van der Waals surface area contributed by atoms with Gasteiger partial charge in [0, 0.05) is 24.0 Å². The van der Waals surface area contributed by atoms with Crippen LogP contribution in [0, 0.1) is 13.8 Å². The second-order valence-corrected chi connectivity index (χ2v) is 10.5. The standard InChI is InChI=1S/C23H25N3O5S2/c1-15-4-5-16(2)18(12-15)20-14-32-23(24-20)25-22(27)19-13-17(6-7-21(19)30-3)33(28,29)26-8-10-31-11-9-26/h4-7,12-14H,8-11H2,1-3H3,(H,24,25,27). The highest BCUT2D eigenvalue weighted by Crippen LogP contribution is 2.30. The van der Waals surface area contributed by atoms with Gasteiger partial charge in [-0.3, -0.25) is 10.1 Å². The van der Waals surface area contributed by atoms with Crippen molar-refractivity contribution in [3.8, 4) is 17.0 Å². The molecule has 2 heterocycles. The first kappa shape index (κ1) is 23.4. The molecule has 1 fully saturated rings. The zero-order valence-corrected chi connectivity index (χ0v) is 20.3. The number of hydrogen-bond donors (Lipinski definition) is 1. The molecule has 0 unspecified atom stereocenters. The van der Waals surface area contributed by atoms with Crippen LogP contribution < -0.4 is 10.1 Å². The Morgan fingerprint density at radius 3 is 2.64 bits per heavy atom. The highest BCUT2D eigenvalue weighted by molar-refractivity contribution is 7.89. The van der Waals surface area contributed by atoms with Crippen molar-refractivity contribution in [1.82, 2.24) is 9.29 Å². The quantitative estimate of drug-likeness (QED) is 0.569. The van der Waals surface area contributed by atoms with Gasteiger partial charge in [0.1, 0.15) is 5.75 Å². The highest BCUT2D eigenvalue weighted by atomic mass is 32.2. The van der Waals surface area contributed by atoms with Gasteiger partial charge in [0.25, 0.3) is 5.91 Å². The minimum absolute atomic E-state index is 0.0329. The number of nitrogens with one attached hydrogen (secondary N) is 1. The second-order valence-electron chi connectivity index (χ2n) is 7.69. The molecule has 2 aromatic carbocycles. The third-order valence-electron chi connectivity index (χ3n) is 5.42. The van der Waals surface area contributed by atoms with E-state index in [9.17, 15) is 13.2 Å². The van der Waals surface area contributed by atoms with Crippen LogP contribution in [0.3, 0.4) is 0 Å². The summed E-state index contributed by atoms with van der Waals surface area (Å²) in [5.74, 6) is -0.215. The van der Waals surface area contributed by atoms with Crippen LogP contribution in [0.2, 0.25) is 0 Å². The van der Waals surface area contributed by atoms with Crippen LogP contribution >= 0.6 is 11.3 Å². The van der Waals surface area contributed by atoms with Gasteiger partial charge in [-0.2, -0.15) is 4.31 Å². The first-order valence-electron chi connectivity index (χ1n) is 10.4. The summed E-state index contributed by atoms with van der Waals surface area (Å²) in [7, 11) is -2.32. The smallest absolute Gasteiger partial charge is 0.261 e. The molecule has 33 heavy (non-hydrogen) atoms. The molecule has 10 heteroatoms. The molecule has 3 aromatic rings. The molecule has 0 spiro atoms. The predicted molar refractivity (Wildman–Crippen MR) is 128 cm³/mol. The number of anilines is 1. The average Bonchev–Trinajstić information content (AvgIpc) is 3.28. The molecule has 8 nitrogen and oxygen atoms in total. The number of ether oxygens (including phenoxy) is 2. The topological polar surface area (TPSA) is 97.8 Å². The van der Waals surface area contributed by atoms with E-state index in [1.165, 1.54) is 41.0 Å². The summed E-state index contributed by atoms with van der Waals surface area (Å²) in [5, 5.41) is 5.07. The van der Waals surface area contributed by atoms with Crippen molar-refractivity contribution in [3.63, 3.8) is 0 Å². The number of methoxy groups -OCH3 is 1. The van der Waals surface area contributed by atoms with E-state index in [0.717, 1.165) is 22.4 Å². The van der Waals surface area contributed by atoms with Crippen molar-refractivity contribution in [2.24, 2.45) is 0 Å². The maximum atomic E-state index is 13.1. The van der Waals surface area contributed by atoms with Crippen LogP contribution in [-0.2, 0) is 14.8 Å². The van der Waals surface area contributed by atoms with E-state index in [4.69, 9.17) is 9.47 Å². The summed E-state index contributed by atoms with van der Waals surface area (Å²) in [5.41, 5.74) is 4.11. The maximum Gasteiger partial charge on any atom is 0.261 e. The number of aromatic nitrogens is 1. The summed E-state index contributed by atoms with van der Waals surface area (Å²) in [6, 6.07) is 10.4. The van der Waals surface area contributed by atoms with Gasteiger partial charge in [0.2, 0.25) is 10.0 Å². The first-order valence-corrected chi connectivity index (χ1v) is 12.7. The van der Waals surface area contributed by atoms with Gasteiger partial charge in [-0.25, -0.2) is 13.4 Å². The number of carbonyl (C=O) groups excluding carboxylic acids is 1. The molecular formula is C23H25N3O5S2. The summed E-state index contributed by atoms with van der Waals surface area (Å²) >= 11 is 1.30. The van der Waals surface area contributed by atoms with E-state index >= 15 is 0 Å². The van der Waals surface area contributed by atoms with E-state index in [1.54, 1.807) is 0 Å². The summed E-state index contributed by atoms with van der Waals surface area (Å²) in [4.78, 5) is 17.6. The van der Waals surface area contributed by atoms with Gasteiger partial charge >= 0.3 is 0 Å². The number of rotatable bonds is 6. The molecule has 0 radical (unpaired) electrons. The molecule has 0 atom stereocenters. The van der Waals surface area contributed by atoms with Crippen molar-refractivity contribution in [2.45, 2.75) is 18.7 Å². The van der Waals surface area contributed by atoms with Gasteiger partial charge in [-0.1, -0.05) is 17.7 Å². The van der Waals surface area contributed by atoms with Crippen molar-refractivity contribution < 1.29 is 22.7 Å². The zero-order chi connectivity index (χ0) is 23.6. The fraction of sp³-hybridized carbons (Fsp3) is 0.304. The number of benzene rings is 2. The van der Waals surface area contributed by atoms with E-state index < -0.39 is 15.9 Å². The lowest BCUT2D eigenvalue weighted by Gasteiger charge is -2.26. The molecule has 1 amide bonds. The van der Waals surface area contributed by atoms with Crippen molar-refractivity contribution in [3.05, 3.63) is 58.5 Å². The molecule has 0 bridgehead atoms. The minimum Gasteiger partial charge on any atom is -0.496 e. The van der Waals surface area contributed by atoms with Gasteiger partial charge in [0.05, 0.1) is 36.5 Å². The summed E-state index contributed by atoms with van der Waals surface area (Å²) in [6.45, 7) is 5.26. The monoisotopic (exact) mass is 487 g/mol. The van der Waals surface area contributed by atoms with Crippen molar-refractivity contribution in [1.29, 1.82) is 0 Å². The molecule has 1 aromatic heterocycles. The Balaban J connectivity index is 1.60. The number of thiazole rings is 1. The Labute approximate surface area is 197 Å². The predicted octanol–water partition coefficient (Wildman–Crippen LogP) is 3.71. The lowest BCUT2D eigenvalue weighted by Crippen LogP contribution is -2.40. The Morgan fingerprint density at radius 1 is 1.15 bits per heavy atom. The number of morpholine rings is 1. The van der Waals surface area contributed by atoms with Crippen LogP contribution in [0.1, 0.15) is 21.5 Å². The van der Waals surface area contributed by atoms with Gasteiger partial charge in [0.15, 0.2) is 5.13 Å². The Kier molecular flexibility index (Phi) is 6.80. The number of sulfonamides is 1. The number of nitrogens with zero attached hydrogens (tertiary/aromatic N) is 2. The lowest BCUT2D eigenvalue weighted by molar-refractivity contribution is 0.0730. The van der Waals surface area contributed by atoms with Crippen LogP contribution in [0.25, 0.3) is 11.3 Å². The fourth-order valence-electron chi connectivity index (χ4n) is 3.59.